The third kappa shape index (κ3) is 4.77. The number of hydrogen-bond donors (Lipinski definition) is 8. The Labute approximate surface area is 203 Å². The van der Waals surface area contributed by atoms with Crippen LogP contribution in [0.1, 0.15) is 12.5 Å². The van der Waals surface area contributed by atoms with Crippen molar-refractivity contribution < 1.29 is 64.6 Å². The van der Waals surface area contributed by atoms with Crippen LogP contribution in [0.15, 0.2) is 53.2 Å². The van der Waals surface area contributed by atoms with E-state index in [9.17, 15) is 45.6 Å². The van der Waals surface area contributed by atoms with Crippen molar-refractivity contribution in [3.05, 3.63) is 58.8 Å². The Bertz CT molecular complexity index is 1160. The van der Waals surface area contributed by atoms with Crippen LogP contribution in [0.5, 0.6) is 17.2 Å². The number of allylic oxidation sites excluding steroid dienone is 2. The molecular weight excluding hydrogens is 484 g/mol. The van der Waals surface area contributed by atoms with Gasteiger partial charge in [-0.15, -0.1) is 0 Å². The minimum Gasteiger partial charge on any atom is -0.571 e. The molecule has 1 fully saturated rings. The zero-order valence-electron chi connectivity index (χ0n) is 18.7. The Morgan fingerprint density at radius 3 is 2.31 bits per heavy atom. The number of ether oxygens (including phenoxy) is 4. The lowest BCUT2D eigenvalue weighted by Crippen LogP contribution is -2.59. The largest absolute Gasteiger partial charge is 0.571 e. The van der Waals surface area contributed by atoms with Crippen LogP contribution in [0, 0.1) is 0 Å². The Morgan fingerprint density at radius 2 is 1.67 bits per heavy atom. The number of benzene rings is 1. The van der Waals surface area contributed by atoms with Gasteiger partial charge in [0.15, 0.2) is 17.2 Å². The van der Waals surface area contributed by atoms with Crippen molar-refractivity contribution in [1.82, 2.24) is 0 Å². The molecule has 0 bridgehead atoms. The first-order chi connectivity index (χ1) is 17.0. The van der Waals surface area contributed by atoms with E-state index in [-0.39, 0.29) is 34.2 Å². The van der Waals surface area contributed by atoms with Gasteiger partial charge in [-0.2, -0.15) is 0 Å². The van der Waals surface area contributed by atoms with Gasteiger partial charge in [-0.3, -0.25) is 4.79 Å². The zero-order valence-corrected chi connectivity index (χ0v) is 18.7. The molecule has 4 rings (SSSR count). The highest BCUT2D eigenvalue weighted by Crippen LogP contribution is 2.41. The zero-order chi connectivity index (χ0) is 26.3. The first kappa shape index (κ1) is 25.2. The number of esters is 1. The smallest absolute Gasteiger partial charge is 0.305 e. The highest BCUT2D eigenvalue weighted by molar-refractivity contribution is 5.71. The monoisotopic (exact) mass is 509 g/mol. The van der Waals surface area contributed by atoms with Gasteiger partial charge in [0, 0.05) is 31.2 Å². The lowest BCUT2D eigenvalue weighted by atomic mass is 9.96. The minimum atomic E-state index is -1.78. The third-order valence-corrected chi connectivity index (χ3v) is 5.72. The summed E-state index contributed by atoms with van der Waals surface area (Å²) in [7, 11) is 0. The van der Waals surface area contributed by atoms with Gasteiger partial charge in [0.2, 0.25) is 18.2 Å². The molecule has 3 aliphatic rings. The van der Waals surface area contributed by atoms with Gasteiger partial charge in [-0.05, 0) is 0 Å². The molecule has 0 saturated carbocycles. The Kier molecular flexibility index (Phi) is 6.73. The molecule has 36 heavy (non-hydrogen) atoms. The van der Waals surface area contributed by atoms with Crippen molar-refractivity contribution >= 4 is 11.7 Å². The van der Waals surface area contributed by atoms with E-state index in [0.717, 1.165) is 25.1 Å². The maximum absolute atomic E-state index is 11.2. The summed E-state index contributed by atoms with van der Waals surface area (Å²) in [4.78, 5) is 11.2. The molecule has 2 aliphatic heterocycles. The fourth-order valence-electron chi connectivity index (χ4n) is 3.88. The highest BCUT2D eigenvalue weighted by Gasteiger charge is 2.47. The van der Waals surface area contributed by atoms with E-state index in [2.05, 4.69) is 4.74 Å². The van der Waals surface area contributed by atoms with E-state index in [1.54, 1.807) is 0 Å². The molecule has 194 valence electrons. The van der Waals surface area contributed by atoms with Crippen LogP contribution in [-0.4, -0.2) is 95.0 Å². The summed E-state index contributed by atoms with van der Waals surface area (Å²) in [5.41, 5.74) is 0.221. The summed E-state index contributed by atoms with van der Waals surface area (Å²) in [6.45, 7) is 0.684. The second kappa shape index (κ2) is 9.62. The van der Waals surface area contributed by atoms with Gasteiger partial charge in [0.25, 0.3) is 0 Å². The molecule has 2 heterocycles. The molecule has 1 aromatic carbocycles. The van der Waals surface area contributed by atoms with Gasteiger partial charge in [-0.1, -0.05) is 0 Å². The van der Waals surface area contributed by atoms with Crippen LogP contribution in [0.2, 0.25) is 0 Å². The number of carbonyl (C=O) groups is 1. The van der Waals surface area contributed by atoms with E-state index < -0.39 is 66.6 Å². The summed E-state index contributed by atoms with van der Waals surface area (Å²) in [6, 6.07) is 2.14. The van der Waals surface area contributed by atoms with E-state index in [1.165, 1.54) is 12.2 Å². The predicted octanol–water partition coefficient (Wildman–Crippen LogP) is -0.407. The molecule has 0 aromatic heterocycles. The first-order valence-electron chi connectivity index (χ1n) is 10.7. The Balaban J connectivity index is 1.74. The van der Waals surface area contributed by atoms with E-state index >= 15 is 0 Å². The number of aliphatic hydroxyl groups excluding tert-OH is 5. The molecule has 1 saturated heterocycles. The number of aromatic hydroxyl groups is 3. The molecule has 13 nitrogen and oxygen atoms in total. The standard InChI is InChI=1S/C23H24O13/c1-8(24)33-7-17-19(30)20(31)21(32)23(36-17)35-16-6-11-12(26)4-10(25)5-15(11)34-22(16)9-2-13(27)18(29)14(28)3-9/h2-6,15,17,19-21,23,25-32H,7H2,1H3/p+1. The maximum atomic E-state index is 11.2. The number of carbonyl (C=O) groups excluding carboxylic acids is 1. The van der Waals surface area contributed by atoms with Crippen molar-refractivity contribution in [3.8, 4) is 17.2 Å². The van der Waals surface area contributed by atoms with E-state index in [4.69, 9.17) is 14.2 Å². The average molecular weight is 509 g/mol. The topological polar surface area (TPSA) is 219 Å². The normalized spacial score (nSPS) is 29.8. The lowest BCUT2D eigenvalue weighted by Gasteiger charge is -2.40. The fraction of sp³-hybridized carbons (Fsp3) is 0.348. The number of rotatable bonds is 5. The molecule has 1 aliphatic carbocycles. The summed E-state index contributed by atoms with van der Waals surface area (Å²) in [6.07, 6.45) is -5.27. The van der Waals surface area contributed by atoms with Gasteiger partial charge in [0.1, 0.15) is 42.5 Å². The number of phenolic OH excluding ortho intramolecular Hbond substituents is 3. The summed E-state index contributed by atoms with van der Waals surface area (Å²) in [5.74, 6) is -3.63. The van der Waals surface area contributed by atoms with Gasteiger partial charge < -0.3 is 59.8 Å². The minimum absolute atomic E-state index is 0.0392. The van der Waals surface area contributed by atoms with Crippen molar-refractivity contribution in [2.24, 2.45) is 0 Å². The van der Waals surface area contributed by atoms with Crippen molar-refractivity contribution in [3.63, 3.8) is 0 Å². The van der Waals surface area contributed by atoms with Crippen LogP contribution in [0.3, 0.4) is 0 Å². The SMILES string of the molecule is CC(=O)OCC1OC(OC2=C(c3cc(O)c(O)c(O)c3)[OH+]C3C=C(O)C=C(O)C3=C2)C(O)C(O)C1O. The Hall–Kier alpha value is -3.91. The quantitative estimate of drug-likeness (QED) is 0.144. The van der Waals surface area contributed by atoms with Crippen LogP contribution in [0.25, 0.3) is 5.76 Å². The molecule has 6 unspecified atom stereocenters. The van der Waals surface area contributed by atoms with Crippen LogP contribution in [-0.2, 0) is 19.0 Å². The van der Waals surface area contributed by atoms with Gasteiger partial charge in [0.05, 0.1) is 17.2 Å². The van der Waals surface area contributed by atoms with Gasteiger partial charge in [-0.25, -0.2) is 0 Å². The van der Waals surface area contributed by atoms with Crippen LogP contribution < -0.4 is 0 Å². The van der Waals surface area contributed by atoms with E-state index in [0.29, 0.717) is 0 Å². The maximum Gasteiger partial charge on any atom is 0.305 e. The summed E-state index contributed by atoms with van der Waals surface area (Å²) >= 11 is 0. The number of hydrogen-bond acceptors (Lipinski definition) is 12. The molecule has 13 heteroatoms. The molecule has 6 atom stereocenters. The summed E-state index contributed by atoms with van der Waals surface area (Å²) in [5, 5.41) is 80.8. The van der Waals surface area contributed by atoms with Crippen molar-refractivity contribution in [2.75, 3.05) is 6.61 Å². The second-order valence-corrected chi connectivity index (χ2v) is 8.31. The number of fused-ring (bicyclic) bond motifs is 1. The molecule has 0 spiro atoms. The molecule has 0 amide bonds. The van der Waals surface area contributed by atoms with Crippen molar-refractivity contribution in [1.29, 1.82) is 0 Å². The number of aliphatic hydroxyl groups is 7. The fourth-order valence-corrected chi connectivity index (χ4v) is 3.88. The van der Waals surface area contributed by atoms with Crippen LogP contribution >= 0.6 is 0 Å². The highest BCUT2D eigenvalue weighted by atomic mass is 16.7. The second-order valence-electron chi connectivity index (χ2n) is 8.31. The molecular formula is C23H25O13+. The predicted molar refractivity (Wildman–Crippen MR) is 118 cm³/mol. The van der Waals surface area contributed by atoms with Gasteiger partial charge >= 0.3 is 11.7 Å². The Morgan fingerprint density at radius 1 is 1.00 bits per heavy atom. The third-order valence-electron chi connectivity index (χ3n) is 5.72. The molecule has 9 N–H and O–H groups in total. The lowest BCUT2D eigenvalue weighted by molar-refractivity contribution is -0.291. The van der Waals surface area contributed by atoms with Crippen molar-refractivity contribution in [2.45, 2.75) is 43.7 Å². The molecule has 1 aromatic rings. The number of phenols is 3. The summed E-state index contributed by atoms with van der Waals surface area (Å²) < 4.78 is 20.5. The first-order valence-corrected chi connectivity index (χ1v) is 10.7. The van der Waals surface area contributed by atoms with E-state index in [1.807, 2.05) is 0 Å². The average Bonchev–Trinajstić information content (AvgIpc) is 2.81. The van der Waals surface area contributed by atoms with Crippen LogP contribution in [0.4, 0.5) is 0 Å². The molecule has 0 radical (unpaired) electrons.